The monoisotopic (exact) mass is 252 g/mol. The zero-order chi connectivity index (χ0) is 13.3. The predicted molar refractivity (Wildman–Crippen MR) is 71.2 cm³/mol. The van der Waals surface area contributed by atoms with E-state index in [2.05, 4.69) is 18.7 Å². The van der Waals surface area contributed by atoms with Crippen LogP contribution in [0, 0.1) is 5.82 Å². The molecular weight excluding hydrogens is 231 g/mol. The number of morpholine rings is 1. The van der Waals surface area contributed by atoms with E-state index >= 15 is 0 Å². The fourth-order valence-electron chi connectivity index (χ4n) is 2.44. The maximum absolute atomic E-state index is 13.4. The van der Waals surface area contributed by atoms with Crippen molar-refractivity contribution in [3.05, 3.63) is 29.6 Å². The van der Waals surface area contributed by atoms with E-state index in [4.69, 9.17) is 10.5 Å². The molecular formula is C14H21FN2O. The third-order valence-electron chi connectivity index (χ3n) is 3.42. The molecule has 0 aliphatic carbocycles. The van der Waals surface area contributed by atoms with E-state index in [-0.39, 0.29) is 17.4 Å². The van der Waals surface area contributed by atoms with Gasteiger partial charge in [-0.1, -0.05) is 0 Å². The molecule has 0 unspecified atom stereocenters. The fraction of sp³-hybridized carbons (Fsp3) is 0.571. The number of ether oxygens (including phenoxy) is 1. The Morgan fingerprint density at radius 3 is 2.78 bits per heavy atom. The minimum absolute atomic E-state index is 0.0975. The van der Waals surface area contributed by atoms with Gasteiger partial charge < -0.3 is 15.4 Å². The highest BCUT2D eigenvalue weighted by atomic mass is 19.1. The number of benzene rings is 1. The number of hydrogen-bond acceptors (Lipinski definition) is 3. The van der Waals surface area contributed by atoms with Gasteiger partial charge in [0.1, 0.15) is 5.82 Å². The molecule has 1 saturated heterocycles. The lowest BCUT2D eigenvalue weighted by atomic mass is 9.97. The first kappa shape index (κ1) is 13.3. The quantitative estimate of drug-likeness (QED) is 0.878. The Kier molecular flexibility index (Phi) is 3.59. The second-order valence-corrected chi connectivity index (χ2v) is 5.51. The van der Waals surface area contributed by atoms with Crippen LogP contribution in [0.5, 0.6) is 0 Å². The molecule has 0 aromatic heterocycles. The van der Waals surface area contributed by atoms with E-state index in [1.165, 1.54) is 12.1 Å². The van der Waals surface area contributed by atoms with Crippen molar-refractivity contribution in [3.8, 4) is 0 Å². The van der Waals surface area contributed by atoms with Crippen LogP contribution in [0.4, 0.5) is 10.1 Å². The zero-order valence-corrected chi connectivity index (χ0v) is 11.2. The van der Waals surface area contributed by atoms with Crippen molar-refractivity contribution < 1.29 is 9.13 Å². The third-order valence-corrected chi connectivity index (χ3v) is 3.42. The van der Waals surface area contributed by atoms with Crippen LogP contribution < -0.4 is 10.6 Å². The molecule has 0 saturated carbocycles. The second kappa shape index (κ2) is 4.86. The second-order valence-electron chi connectivity index (χ2n) is 5.51. The van der Waals surface area contributed by atoms with E-state index in [0.717, 1.165) is 17.8 Å². The van der Waals surface area contributed by atoms with Gasteiger partial charge in [0.2, 0.25) is 0 Å². The van der Waals surface area contributed by atoms with Crippen molar-refractivity contribution in [2.75, 3.05) is 24.7 Å². The average molecular weight is 252 g/mol. The van der Waals surface area contributed by atoms with Crippen LogP contribution >= 0.6 is 0 Å². The molecule has 0 amide bonds. The summed E-state index contributed by atoms with van der Waals surface area (Å²) >= 11 is 0. The molecule has 1 heterocycles. The van der Waals surface area contributed by atoms with Gasteiger partial charge in [0.25, 0.3) is 0 Å². The normalized spacial score (nSPS) is 20.8. The molecule has 1 aromatic rings. The summed E-state index contributed by atoms with van der Waals surface area (Å²) in [6.45, 7) is 8.30. The molecule has 0 bridgehead atoms. The number of nitrogens with zero attached hydrogens (tertiary/aromatic N) is 1. The Balaban J connectivity index is 2.43. The summed E-state index contributed by atoms with van der Waals surface area (Å²) in [7, 11) is 0. The van der Waals surface area contributed by atoms with Gasteiger partial charge in [0, 0.05) is 18.3 Å². The molecule has 1 atom stereocenters. The Hall–Kier alpha value is -1.13. The molecule has 1 aliphatic rings. The first-order valence-electron chi connectivity index (χ1n) is 6.32. The molecule has 2 rings (SSSR count). The minimum Gasteiger partial charge on any atom is -0.377 e. The fourth-order valence-corrected chi connectivity index (χ4v) is 2.44. The third kappa shape index (κ3) is 2.49. The van der Waals surface area contributed by atoms with Crippen LogP contribution in [0.3, 0.4) is 0 Å². The van der Waals surface area contributed by atoms with Crippen molar-refractivity contribution in [2.45, 2.75) is 32.4 Å². The van der Waals surface area contributed by atoms with Crippen molar-refractivity contribution in [1.29, 1.82) is 0 Å². The van der Waals surface area contributed by atoms with Crippen LogP contribution in [0.2, 0.25) is 0 Å². The summed E-state index contributed by atoms with van der Waals surface area (Å²) < 4.78 is 18.9. The molecule has 18 heavy (non-hydrogen) atoms. The molecule has 0 spiro atoms. The number of hydrogen-bond donors (Lipinski definition) is 1. The Morgan fingerprint density at radius 1 is 1.44 bits per heavy atom. The van der Waals surface area contributed by atoms with Gasteiger partial charge >= 0.3 is 0 Å². The molecule has 1 aliphatic heterocycles. The number of nitrogens with two attached hydrogens (primary N) is 1. The van der Waals surface area contributed by atoms with Crippen LogP contribution in [-0.2, 0) is 4.74 Å². The lowest BCUT2D eigenvalue weighted by Gasteiger charge is -2.45. The molecule has 0 radical (unpaired) electrons. The van der Waals surface area contributed by atoms with E-state index < -0.39 is 0 Å². The summed E-state index contributed by atoms with van der Waals surface area (Å²) in [6.07, 6.45) is 0. The maximum Gasteiger partial charge on any atom is 0.123 e. The van der Waals surface area contributed by atoms with Gasteiger partial charge in [-0.15, -0.1) is 0 Å². The van der Waals surface area contributed by atoms with Crippen LogP contribution in [0.15, 0.2) is 18.2 Å². The molecule has 2 N–H and O–H groups in total. The van der Waals surface area contributed by atoms with E-state index in [1.54, 1.807) is 0 Å². The molecule has 1 fully saturated rings. The van der Waals surface area contributed by atoms with Crippen LogP contribution in [0.25, 0.3) is 0 Å². The van der Waals surface area contributed by atoms with Gasteiger partial charge in [-0.3, -0.25) is 0 Å². The first-order chi connectivity index (χ1) is 8.42. The average Bonchev–Trinajstić information content (AvgIpc) is 2.29. The van der Waals surface area contributed by atoms with Crippen molar-refractivity contribution in [2.24, 2.45) is 5.73 Å². The zero-order valence-electron chi connectivity index (χ0n) is 11.2. The Bertz CT molecular complexity index is 432. The minimum atomic E-state index is -0.239. The van der Waals surface area contributed by atoms with Gasteiger partial charge in [0.15, 0.2) is 0 Å². The van der Waals surface area contributed by atoms with Gasteiger partial charge in [0.05, 0.1) is 18.8 Å². The highest BCUT2D eigenvalue weighted by Gasteiger charge is 2.32. The van der Waals surface area contributed by atoms with Crippen molar-refractivity contribution in [1.82, 2.24) is 0 Å². The number of rotatable bonds is 2. The highest BCUT2D eigenvalue weighted by Crippen LogP contribution is 2.32. The topological polar surface area (TPSA) is 38.5 Å². The highest BCUT2D eigenvalue weighted by molar-refractivity contribution is 5.57. The van der Waals surface area contributed by atoms with Crippen LogP contribution in [-0.4, -0.2) is 25.3 Å². The predicted octanol–water partition coefficient (Wildman–Crippen LogP) is 2.46. The van der Waals surface area contributed by atoms with Gasteiger partial charge in [-0.25, -0.2) is 4.39 Å². The summed E-state index contributed by atoms with van der Waals surface area (Å²) in [5.74, 6) is -0.239. The molecule has 100 valence electrons. The van der Waals surface area contributed by atoms with Crippen molar-refractivity contribution in [3.63, 3.8) is 0 Å². The smallest absolute Gasteiger partial charge is 0.123 e. The van der Waals surface area contributed by atoms with Gasteiger partial charge in [-0.2, -0.15) is 0 Å². The lowest BCUT2D eigenvalue weighted by molar-refractivity contribution is 0.0642. The summed E-state index contributed by atoms with van der Waals surface area (Å²) in [4.78, 5) is 2.26. The molecule has 1 aromatic carbocycles. The lowest BCUT2D eigenvalue weighted by Crippen LogP contribution is -2.53. The maximum atomic E-state index is 13.4. The first-order valence-corrected chi connectivity index (χ1v) is 6.32. The van der Waals surface area contributed by atoms with E-state index in [0.29, 0.717) is 13.2 Å². The van der Waals surface area contributed by atoms with E-state index in [9.17, 15) is 4.39 Å². The van der Waals surface area contributed by atoms with Gasteiger partial charge in [-0.05, 0) is 44.5 Å². The Morgan fingerprint density at radius 2 is 2.17 bits per heavy atom. The summed E-state index contributed by atoms with van der Waals surface area (Å²) in [5.41, 5.74) is 7.72. The number of anilines is 1. The SMILES string of the molecule is C[C@@H](N)c1cc(F)ccc1N1CCOCC1(C)C. The standard InChI is InChI=1S/C14H21FN2O/c1-10(16)12-8-11(15)4-5-13(12)17-6-7-18-9-14(17,2)3/h4-5,8,10H,6-7,9,16H2,1-3H3/t10-/m1/s1. The van der Waals surface area contributed by atoms with Crippen molar-refractivity contribution >= 4 is 5.69 Å². The largest absolute Gasteiger partial charge is 0.377 e. The van der Waals surface area contributed by atoms with E-state index in [1.807, 2.05) is 13.0 Å². The summed E-state index contributed by atoms with van der Waals surface area (Å²) in [5, 5.41) is 0. The number of halogens is 1. The Labute approximate surface area is 108 Å². The van der Waals surface area contributed by atoms with Crippen LogP contribution in [0.1, 0.15) is 32.4 Å². The molecule has 3 nitrogen and oxygen atoms in total. The molecule has 4 heteroatoms. The summed E-state index contributed by atoms with van der Waals surface area (Å²) in [6, 6.07) is 4.66.